The van der Waals surface area contributed by atoms with E-state index in [9.17, 15) is 18.0 Å². The normalized spacial score (nSPS) is 39.5. The Labute approximate surface area is 84.5 Å². The van der Waals surface area contributed by atoms with Gasteiger partial charge >= 0.3 is 12.1 Å². The molecular formula is C9H11F3O3. The van der Waals surface area contributed by atoms with Crippen LogP contribution in [-0.4, -0.2) is 31.5 Å². The summed E-state index contributed by atoms with van der Waals surface area (Å²) in [5, 5.41) is 0. The van der Waals surface area contributed by atoms with Gasteiger partial charge in [-0.3, -0.25) is 4.79 Å². The van der Waals surface area contributed by atoms with Crippen molar-refractivity contribution in [2.75, 3.05) is 7.11 Å². The van der Waals surface area contributed by atoms with Crippen LogP contribution >= 0.6 is 0 Å². The molecule has 2 bridgehead atoms. The lowest BCUT2D eigenvalue weighted by atomic mass is 9.73. The van der Waals surface area contributed by atoms with Gasteiger partial charge in [-0.05, 0) is 12.8 Å². The lowest BCUT2D eigenvalue weighted by molar-refractivity contribution is -0.244. The number of hydrogen-bond acceptors (Lipinski definition) is 3. The summed E-state index contributed by atoms with van der Waals surface area (Å²) in [6.07, 6.45) is -5.53. The van der Waals surface area contributed by atoms with Crippen molar-refractivity contribution in [1.29, 1.82) is 0 Å². The van der Waals surface area contributed by atoms with Crippen molar-refractivity contribution in [3.8, 4) is 0 Å². The Morgan fingerprint density at radius 1 is 1.47 bits per heavy atom. The Morgan fingerprint density at radius 3 is 2.47 bits per heavy atom. The van der Waals surface area contributed by atoms with Gasteiger partial charge < -0.3 is 9.47 Å². The zero-order valence-electron chi connectivity index (χ0n) is 8.13. The Kier molecular flexibility index (Phi) is 2.22. The van der Waals surface area contributed by atoms with E-state index in [1.54, 1.807) is 0 Å². The molecule has 0 saturated carbocycles. The number of alkyl halides is 3. The maximum atomic E-state index is 12.9. The third-order valence-corrected chi connectivity index (χ3v) is 3.26. The fraction of sp³-hybridized carbons (Fsp3) is 0.889. The van der Waals surface area contributed by atoms with Gasteiger partial charge in [-0.15, -0.1) is 0 Å². The highest BCUT2D eigenvalue weighted by Crippen LogP contribution is 2.56. The van der Waals surface area contributed by atoms with Crippen LogP contribution in [0.15, 0.2) is 0 Å². The SMILES string of the molecule is COC(=O)C1(C(F)(F)F)CC2CCC1O2. The van der Waals surface area contributed by atoms with Crippen molar-refractivity contribution < 1.29 is 27.4 Å². The van der Waals surface area contributed by atoms with Crippen LogP contribution in [0.1, 0.15) is 19.3 Å². The summed E-state index contributed by atoms with van der Waals surface area (Å²) in [5.41, 5.74) is -2.43. The molecule has 3 atom stereocenters. The molecule has 86 valence electrons. The molecule has 0 aromatic heterocycles. The van der Waals surface area contributed by atoms with Gasteiger partial charge in [0.25, 0.3) is 0 Å². The van der Waals surface area contributed by atoms with Crippen LogP contribution in [0.2, 0.25) is 0 Å². The van der Waals surface area contributed by atoms with Gasteiger partial charge in [0, 0.05) is 6.42 Å². The van der Waals surface area contributed by atoms with Crippen LogP contribution in [0.5, 0.6) is 0 Å². The number of fused-ring (bicyclic) bond motifs is 2. The predicted octanol–water partition coefficient (Wildman–Crippen LogP) is 1.66. The number of carbonyl (C=O) groups is 1. The first kappa shape index (κ1) is 10.7. The highest BCUT2D eigenvalue weighted by atomic mass is 19.4. The lowest BCUT2D eigenvalue weighted by Gasteiger charge is -2.33. The number of rotatable bonds is 1. The van der Waals surface area contributed by atoms with Gasteiger partial charge in [-0.2, -0.15) is 13.2 Å². The first-order valence-electron chi connectivity index (χ1n) is 4.72. The van der Waals surface area contributed by atoms with Gasteiger partial charge in [-0.25, -0.2) is 0 Å². The third kappa shape index (κ3) is 1.27. The Morgan fingerprint density at radius 2 is 2.13 bits per heavy atom. The van der Waals surface area contributed by atoms with Crippen LogP contribution in [0.4, 0.5) is 13.2 Å². The minimum absolute atomic E-state index is 0.277. The van der Waals surface area contributed by atoms with Crippen molar-refractivity contribution in [2.45, 2.75) is 37.6 Å². The second kappa shape index (κ2) is 3.10. The minimum Gasteiger partial charge on any atom is -0.468 e. The smallest absolute Gasteiger partial charge is 0.407 e. The largest absolute Gasteiger partial charge is 0.468 e. The molecule has 0 aromatic carbocycles. The monoisotopic (exact) mass is 224 g/mol. The second-order valence-corrected chi connectivity index (χ2v) is 3.99. The second-order valence-electron chi connectivity index (χ2n) is 3.99. The molecular weight excluding hydrogens is 213 g/mol. The number of methoxy groups -OCH3 is 1. The number of hydrogen-bond donors (Lipinski definition) is 0. The molecule has 3 nitrogen and oxygen atoms in total. The molecule has 0 amide bonds. The molecule has 0 spiro atoms. The van der Waals surface area contributed by atoms with Crippen LogP contribution < -0.4 is 0 Å². The molecule has 2 heterocycles. The van der Waals surface area contributed by atoms with E-state index in [0.29, 0.717) is 6.42 Å². The van der Waals surface area contributed by atoms with Gasteiger partial charge in [-0.1, -0.05) is 0 Å². The molecule has 6 heteroatoms. The van der Waals surface area contributed by atoms with E-state index >= 15 is 0 Å². The van der Waals surface area contributed by atoms with Gasteiger partial charge in [0.1, 0.15) is 0 Å². The Hall–Kier alpha value is -0.780. The van der Waals surface area contributed by atoms with Crippen molar-refractivity contribution in [1.82, 2.24) is 0 Å². The van der Waals surface area contributed by atoms with Gasteiger partial charge in [0.05, 0.1) is 19.3 Å². The van der Waals surface area contributed by atoms with Gasteiger partial charge in [0.15, 0.2) is 5.41 Å². The summed E-state index contributed by atoms with van der Waals surface area (Å²) in [4.78, 5) is 11.4. The van der Waals surface area contributed by atoms with E-state index in [2.05, 4.69) is 4.74 Å². The molecule has 2 aliphatic heterocycles. The van der Waals surface area contributed by atoms with E-state index in [4.69, 9.17) is 4.74 Å². The number of halogens is 3. The average Bonchev–Trinajstić information content (AvgIpc) is 2.74. The standard InChI is InChI=1S/C9H11F3O3/c1-14-7(13)8(9(10,11)12)4-5-2-3-6(8)15-5/h5-6H,2-4H2,1H3. The molecule has 0 aromatic rings. The van der Waals surface area contributed by atoms with E-state index in [1.807, 2.05) is 0 Å². The molecule has 0 radical (unpaired) electrons. The third-order valence-electron chi connectivity index (χ3n) is 3.26. The maximum absolute atomic E-state index is 12.9. The zero-order chi connectivity index (χ0) is 11.3. The first-order valence-corrected chi connectivity index (χ1v) is 4.72. The van der Waals surface area contributed by atoms with Crippen molar-refractivity contribution >= 4 is 5.97 Å². The number of carbonyl (C=O) groups excluding carboxylic acids is 1. The summed E-state index contributed by atoms with van der Waals surface area (Å²) in [6.45, 7) is 0. The van der Waals surface area contributed by atoms with Crippen LogP contribution in [0, 0.1) is 5.41 Å². The predicted molar refractivity (Wildman–Crippen MR) is 43.0 cm³/mol. The number of esters is 1. The Bertz CT molecular complexity index is 289. The summed E-state index contributed by atoms with van der Waals surface area (Å²) >= 11 is 0. The topological polar surface area (TPSA) is 35.5 Å². The number of ether oxygens (including phenoxy) is 2. The van der Waals surface area contributed by atoms with E-state index in [-0.39, 0.29) is 12.8 Å². The minimum atomic E-state index is -4.60. The fourth-order valence-corrected chi connectivity index (χ4v) is 2.52. The lowest BCUT2D eigenvalue weighted by Crippen LogP contribution is -2.52. The van der Waals surface area contributed by atoms with Crippen LogP contribution in [0.25, 0.3) is 0 Å². The maximum Gasteiger partial charge on any atom is 0.407 e. The molecule has 2 aliphatic rings. The highest BCUT2D eigenvalue weighted by Gasteiger charge is 2.71. The van der Waals surface area contributed by atoms with E-state index in [0.717, 1.165) is 7.11 Å². The average molecular weight is 224 g/mol. The van der Waals surface area contributed by atoms with Crippen LogP contribution in [0.3, 0.4) is 0 Å². The van der Waals surface area contributed by atoms with Crippen molar-refractivity contribution in [3.05, 3.63) is 0 Å². The summed E-state index contributed by atoms with van der Waals surface area (Å²) in [6, 6.07) is 0. The fourth-order valence-electron chi connectivity index (χ4n) is 2.52. The molecule has 0 N–H and O–H groups in total. The van der Waals surface area contributed by atoms with Crippen molar-refractivity contribution in [2.24, 2.45) is 5.41 Å². The van der Waals surface area contributed by atoms with Gasteiger partial charge in [0.2, 0.25) is 0 Å². The molecule has 3 unspecified atom stereocenters. The zero-order valence-corrected chi connectivity index (χ0v) is 8.13. The summed E-state index contributed by atoms with van der Waals surface area (Å²) in [7, 11) is 0.974. The van der Waals surface area contributed by atoms with E-state index in [1.165, 1.54) is 0 Å². The van der Waals surface area contributed by atoms with Crippen LogP contribution in [-0.2, 0) is 14.3 Å². The Balaban J connectivity index is 2.37. The quantitative estimate of drug-likeness (QED) is 0.635. The summed E-state index contributed by atoms with van der Waals surface area (Å²) < 4.78 is 48.2. The first-order chi connectivity index (χ1) is 6.91. The highest BCUT2D eigenvalue weighted by molar-refractivity contribution is 5.79. The molecule has 0 aliphatic carbocycles. The summed E-state index contributed by atoms with van der Waals surface area (Å²) in [5.74, 6) is -1.22. The molecule has 2 fully saturated rings. The molecule has 2 saturated heterocycles. The van der Waals surface area contributed by atoms with E-state index < -0.39 is 29.8 Å². The van der Waals surface area contributed by atoms with Crippen molar-refractivity contribution in [3.63, 3.8) is 0 Å². The molecule has 2 rings (SSSR count). The molecule has 15 heavy (non-hydrogen) atoms.